The molecule has 5 heteroatoms. The van der Waals surface area contributed by atoms with Crippen molar-refractivity contribution in [3.8, 4) is 0 Å². The molecular weight excluding hydrogens is 351 g/mol. The van der Waals surface area contributed by atoms with E-state index in [4.69, 9.17) is 11.6 Å². The van der Waals surface area contributed by atoms with Crippen LogP contribution in [0.15, 0.2) is 73.1 Å². The lowest BCUT2D eigenvalue weighted by molar-refractivity contribution is -0.705. The lowest BCUT2D eigenvalue weighted by Crippen LogP contribution is -2.44. The molecule has 0 radical (unpaired) electrons. The van der Waals surface area contributed by atoms with Crippen LogP contribution in [0, 0.1) is 5.82 Å². The van der Waals surface area contributed by atoms with Gasteiger partial charge in [-0.2, -0.15) is 4.57 Å². The number of nitrogens with one attached hydrogen (secondary N) is 1. The highest BCUT2D eigenvalue weighted by Gasteiger charge is 2.22. The number of rotatable bonds is 5. The van der Waals surface area contributed by atoms with Crippen molar-refractivity contribution < 1.29 is 13.8 Å². The van der Waals surface area contributed by atoms with E-state index in [9.17, 15) is 9.18 Å². The molecule has 3 aromatic rings. The quantitative estimate of drug-likeness (QED) is 0.657. The van der Waals surface area contributed by atoms with Crippen LogP contribution in [0.5, 0.6) is 0 Å². The van der Waals surface area contributed by atoms with Crippen LogP contribution in [0.2, 0.25) is 5.02 Å². The minimum Gasteiger partial charge on any atom is -0.319 e. The largest absolute Gasteiger partial charge is 0.319 e. The number of benzene rings is 2. The average Bonchev–Trinajstić information content (AvgIpc) is 2.65. The molecule has 1 amide bonds. The summed E-state index contributed by atoms with van der Waals surface area (Å²) < 4.78 is 14.9. The first kappa shape index (κ1) is 18.1. The third-order valence-corrected chi connectivity index (χ3v) is 4.50. The number of amides is 1. The number of nitrogens with zero attached hydrogens (tertiary/aromatic N) is 1. The van der Waals surface area contributed by atoms with E-state index in [1.807, 2.05) is 47.3 Å². The lowest BCUT2D eigenvalue weighted by atomic mass is 10.1. The molecular formula is C21H19ClFN2O+. The third-order valence-electron chi connectivity index (χ3n) is 4.19. The smallest absolute Gasteiger partial charge is 0.293 e. The molecule has 1 heterocycles. The van der Waals surface area contributed by atoms with E-state index in [0.717, 1.165) is 6.42 Å². The number of hydrogen-bond donors (Lipinski definition) is 1. The van der Waals surface area contributed by atoms with Crippen LogP contribution in [0.4, 0.5) is 10.1 Å². The van der Waals surface area contributed by atoms with Crippen molar-refractivity contribution in [1.82, 2.24) is 0 Å². The summed E-state index contributed by atoms with van der Waals surface area (Å²) in [5, 5.41) is 2.91. The Morgan fingerprint density at radius 2 is 1.73 bits per heavy atom. The van der Waals surface area contributed by atoms with Crippen LogP contribution >= 0.6 is 11.6 Å². The molecule has 2 aromatic carbocycles. The lowest BCUT2D eigenvalue weighted by Gasteiger charge is -2.10. The SMILES string of the molecule is C[C@H](C(=O)Nc1ccc(F)cc1Cl)[n+]1ccc(Cc2ccccc2)cc1. The Bertz CT molecular complexity index is 898. The predicted octanol–water partition coefficient (Wildman–Crippen LogP) is 4.56. The molecule has 0 saturated heterocycles. The van der Waals surface area contributed by atoms with Crippen molar-refractivity contribution in [2.45, 2.75) is 19.4 Å². The first-order valence-electron chi connectivity index (χ1n) is 8.32. The maximum absolute atomic E-state index is 13.1. The normalized spacial score (nSPS) is 11.8. The molecule has 1 N–H and O–H groups in total. The fourth-order valence-electron chi connectivity index (χ4n) is 2.64. The fourth-order valence-corrected chi connectivity index (χ4v) is 2.85. The van der Waals surface area contributed by atoms with E-state index in [1.54, 1.807) is 6.92 Å². The summed E-state index contributed by atoms with van der Waals surface area (Å²) >= 11 is 5.96. The minimum atomic E-state index is -0.440. The Labute approximate surface area is 157 Å². The summed E-state index contributed by atoms with van der Waals surface area (Å²) in [7, 11) is 0. The molecule has 0 bridgehead atoms. The first-order chi connectivity index (χ1) is 12.5. The number of aromatic nitrogens is 1. The molecule has 0 saturated carbocycles. The van der Waals surface area contributed by atoms with Gasteiger partial charge in [0.15, 0.2) is 12.4 Å². The van der Waals surface area contributed by atoms with Gasteiger partial charge in [0.25, 0.3) is 5.91 Å². The van der Waals surface area contributed by atoms with Gasteiger partial charge >= 0.3 is 0 Å². The van der Waals surface area contributed by atoms with Gasteiger partial charge < -0.3 is 5.32 Å². The number of halogens is 2. The molecule has 132 valence electrons. The van der Waals surface area contributed by atoms with Crippen molar-refractivity contribution in [3.05, 3.63) is 95.0 Å². The summed E-state index contributed by atoms with van der Waals surface area (Å²) in [6.45, 7) is 1.80. The zero-order valence-electron chi connectivity index (χ0n) is 14.3. The van der Waals surface area contributed by atoms with Crippen molar-refractivity contribution in [2.24, 2.45) is 0 Å². The zero-order valence-corrected chi connectivity index (χ0v) is 15.1. The highest BCUT2D eigenvalue weighted by atomic mass is 35.5. The van der Waals surface area contributed by atoms with Gasteiger partial charge in [-0.15, -0.1) is 0 Å². The van der Waals surface area contributed by atoms with E-state index in [0.29, 0.717) is 5.69 Å². The van der Waals surface area contributed by atoms with Crippen molar-refractivity contribution in [1.29, 1.82) is 0 Å². The van der Waals surface area contributed by atoms with E-state index in [2.05, 4.69) is 17.4 Å². The van der Waals surface area contributed by atoms with Crippen molar-refractivity contribution in [2.75, 3.05) is 5.32 Å². The van der Waals surface area contributed by atoms with Gasteiger partial charge in [-0.25, -0.2) is 4.39 Å². The van der Waals surface area contributed by atoms with Crippen LogP contribution < -0.4 is 9.88 Å². The summed E-state index contributed by atoms with van der Waals surface area (Å²) in [6.07, 6.45) is 4.61. The van der Waals surface area contributed by atoms with E-state index < -0.39 is 11.9 Å². The van der Waals surface area contributed by atoms with Gasteiger partial charge in [0.2, 0.25) is 6.04 Å². The standard InChI is InChI=1S/C21H18ClFN2O/c1-15(21(26)24-20-8-7-18(23)14-19(20)22)25-11-9-17(10-12-25)13-16-5-3-2-4-6-16/h2-12,14-15H,13H2,1H3/p+1/t15-/m1/s1. The van der Waals surface area contributed by atoms with Crippen LogP contribution in [0.1, 0.15) is 24.1 Å². The van der Waals surface area contributed by atoms with Gasteiger partial charge in [0.1, 0.15) is 5.82 Å². The molecule has 0 aliphatic heterocycles. The maximum Gasteiger partial charge on any atom is 0.293 e. The van der Waals surface area contributed by atoms with Gasteiger partial charge in [0.05, 0.1) is 10.7 Å². The number of anilines is 1. The molecule has 1 aromatic heterocycles. The van der Waals surface area contributed by atoms with Gasteiger partial charge in [0, 0.05) is 19.1 Å². The van der Waals surface area contributed by atoms with E-state index in [-0.39, 0.29) is 10.9 Å². The van der Waals surface area contributed by atoms with Crippen LogP contribution in [0.25, 0.3) is 0 Å². The first-order valence-corrected chi connectivity index (χ1v) is 8.70. The predicted molar refractivity (Wildman–Crippen MR) is 101 cm³/mol. The second-order valence-electron chi connectivity index (χ2n) is 6.11. The Morgan fingerprint density at radius 3 is 2.38 bits per heavy atom. The number of carbonyl (C=O) groups is 1. The summed E-state index contributed by atoms with van der Waals surface area (Å²) in [4.78, 5) is 12.4. The molecule has 0 unspecified atom stereocenters. The van der Waals surface area contributed by atoms with Crippen LogP contribution in [0.3, 0.4) is 0 Å². The molecule has 0 spiro atoms. The summed E-state index contributed by atoms with van der Waals surface area (Å²) in [5.74, 6) is -0.663. The average molecular weight is 370 g/mol. The summed E-state index contributed by atoms with van der Waals surface area (Å²) in [5.41, 5.74) is 2.80. The van der Waals surface area contributed by atoms with E-state index >= 15 is 0 Å². The molecule has 0 aliphatic rings. The summed E-state index contributed by atoms with van der Waals surface area (Å²) in [6, 6.07) is 17.7. The molecule has 1 atom stereocenters. The number of hydrogen-bond acceptors (Lipinski definition) is 1. The van der Waals surface area contributed by atoms with Crippen molar-refractivity contribution in [3.63, 3.8) is 0 Å². The van der Waals surface area contributed by atoms with Gasteiger partial charge in [-0.1, -0.05) is 41.9 Å². The molecule has 0 fully saturated rings. The minimum absolute atomic E-state index is 0.175. The highest BCUT2D eigenvalue weighted by molar-refractivity contribution is 6.33. The monoisotopic (exact) mass is 369 g/mol. The van der Waals surface area contributed by atoms with Gasteiger partial charge in [-0.05, 0) is 35.7 Å². The maximum atomic E-state index is 13.1. The Hall–Kier alpha value is -2.72. The zero-order chi connectivity index (χ0) is 18.5. The van der Waals surface area contributed by atoms with Crippen LogP contribution in [-0.4, -0.2) is 5.91 Å². The topological polar surface area (TPSA) is 33.0 Å². The Balaban J connectivity index is 1.67. The van der Waals surface area contributed by atoms with Crippen molar-refractivity contribution >= 4 is 23.2 Å². The Morgan fingerprint density at radius 1 is 1.08 bits per heavy atom. The van der Waals surface area contributed by atoms with E-state index in [1.165, 1.54) is 29.3 Å². The second kappa shape index (κ2) is 8.11. The molecule has 3 nitrogen and oxygen atoms in total. The second-order valence-corrected chi connectivity index (χ2v) is 6.51. The van der Waals surface area contributed by atoms with Gasteiger partial charge in [-0.3, -0.25) is 4.79 Å². The van der Waals surface area contributed by atoms with Crippen LogP contribution in [-0.2, 0) is 11.2 Å². The number of carbonyl (C=O) groups excluding carboxylic acids is 1. The molecule has 0 aliphatic carbocycles. The third kappa shape index (κ3) is 4.46. The highest BCUT2D eigenvalue weighted by Crippen LogP contribution is 2.23. The number of pyridine rings is 1. The fraction of sp³-hybridized carbons (Fsp3) is 0.143. The molecule has 3 rings (SSSR count). The molecule has 26 heavy (non-hydrogen) atoms. The Kier molecular flexibility index (Phi) is 5.64.